The van der Waals surface area contributed by atoms with Crippen LogP contribution in [0.2, 0.25) is 0 Å². The predicted octanol–water partition coefficient (Wildman–Crippen LogP) is 8.73. The molecule has 0 heterocycles. The van der Waals surface area contributed by atoms with Crippen LogP contribution in [0.1, 0.15) is 118 Å². The van der Waals surface area contributed by atoms with Crippen molar-refractivity contribution in [2.24, 2.45) is 11.7 Å². The quantitative estimate of drug-likeness (QED) is 0.0691. The zero-order valence-corrected chi connectivity index (χ0v) is 29.4. The molecule has 46 heavy (non-hydrogen) atoms. The lowest BCUT2D eigenvalue weighted by molar-refractivity contribution is -0.121. The van der Waals surface area contributed by atoms with Crippen LogP contribution in [0.25, 0.3) is 0 Å². The lowest BCUT2D eigenvalue weighted by Crippen LogP contribution is -2.44. The van der Waals surface area contributed by atoms with Crippen LogP contribution in [0.3, 0.4) is 0 Å². The van der Waals surface area contributed by atoms with E-state index in [0.29, 0.717) is 25.9 Å². The Morgan fingerprint density at radius 2 is 1.28 bits per heavy atom. The van der Waals surface area contributed by atoms with E-state index in [-0.39, 0.29) is 36.0 Å². The molecule has 0 radical (unpaired) electrons. The zero-order chi connectivity index (χ0) is 33.7. The third-order valence-corrected chi connectivity index (χ3v) is 8.16. The molecule has 2 amide bonds. The SMILES string of the molecule is CC/C=C\C/C=C\C/C=C\C/C=C\C/C=C\C/C=C\CCC(=O)NCCCCCNC(=O)C1=C[C@@H](OC(CC)CC)[C@H](C)[C@@H](N)C1. The largest absolute Gasteiger partial charge is 0.371 e. The number of carbonyl (C=O) groups excluding carboxylic acids is 2. The van der Waals surface area contributed by atoms with Crippen molar-refractivity contribution in [3.8, 4) is 0 Å². The summed E-state index contributed by atoms with van der Waals surface area (Å²) in [6.45, 7) is 9.79. The van der Waals surface area contributed by atoms with E-state index < -0.39 is 0 Å². The molecule has 0 aromatic heterocycles. The Kier molecular flexibility index (Phi) is 25.2. The summed E-state index contributed by atoms with van der Waals surface area (Å²) in [5, 5.41) is 6.04. The average Bonchev–Trinajstić information content (AvgIpc) is 3.05. The molecule has 0 unspecified atom stereocenters. The van der Waals surface area contributed by atoms with E-state index in [4.69, 9.17) is 10.5 Å². The second kappa shape index (κ2) is 28.3. The molecule has 4 N–H and O–H groups in total. The molecule has 0 bridgehead atoms. The van der Waals surface area contributed by atoms with Crippen LogP contribution in [0.4, 0.5) is 0 Å². The van der Waals surface area contributed by atoms with E-state index in [1.165, 1.54) is 0 Å². The Hall–Kier alpha value is -2.96. The third kappa shape index (κ3) is 21.0. The third-order valence-electron chi connectivity index (χ3n) is 8.16. The standard InChI is InChI=1S/C40H65N3O3/c1-5-8-9-10-11-12-13-14-15-16-17-18-19-20-21-22-23-24-26-29-39(44)42-30-27-25-28-31-43-40(45)35-32-37(41)34(4)38(33-35)46-36(6-2)7-3/h8-9,11-12,14-15,17-18,20-21,23-24,33-34,36-38H,5-7,10,13,16,19,22,25-32,41H2,1-4H3,(H,42,44)(H,43,45)/b9-8-,12-11-,15-14-,18-17-,21-20-,24-23-/t34-,37+,38-/m1/s1. The smallest absolute Gasteiger partial charge is 0.247 e. The molecule has 6 nitrogen and oxygen atoms in total. The summed E-state index contributed by atoms with van der Waals surface area (Å²) < 4.78 is 6.24. The monoisotopic (exact) mass is 636 g/mol. The van der Waals surface area contributed by atoms with Crippen LogP contribution in [-0.2, 0) is 14.3 Å². The number of hydrogen-bond acceptors (Lipinski definition) is 4. The normalized spacial score (nSPS) is 19.2. The maximum absolute atomic E-state index is 12.7. The molecule has 1 aliphatic carbocycles. The number of rotatable bonds is 25. The fraction of sp³-hybridized carbons (Fsp3) is 0.600. The number of carbonyl (C=O) groups is 2. The van der Waals surface area contributed by atoms with Gasteiger partial charge in [-0.15, -0.1) is 0 Å². The lowest BCUT2D eigenvalue weighted by Gasteiger charge is -2.34. The number of nitrogens with one attached hydrogen (secondary N) is 2. The van der Waals surface area contributed by atoms with Gasteiger partial charge >= 0.3 is 0 Å². The number of allylic oxidation sites excluding steroid dienone is 12. The first kappa shape index (κ1) is 41.1. The molecular formula is C40H65N3O3. The van der Waals surface area contributed by atoms with Gasteiger partial charge in [0.2, 0.25) is 11.8 Å². The molecule has 0 aromatic rings. The van der Waals surface area contributed by atoms with Crippen LogP contribution in [0.15, 0.2) is 84.6 Å². The second-order valence-corrected chi connectivity index (χ2v) is 12.1. The molecule has 6 heteroatoms. The molecular weight excluding hydrogens is 570 g/mol. The number of nitrogens with two attached hydrogens (primary N) is 1. The minimum atomic E-state index is -0.114. The van der Waals surface area contributed by atoms with Gasteiger partial charge in [0, 0.05) is 37.0 Å². The van der Waals surface area contributed by atoms with Crippen molar-refractivity contribution in [1.82, 2.24) is 10.6 Å². The zero-order valence-electron chi connectivity index (χ0n) is 29.4. The van der Waals surface area contributed by atoms with Crippen molar-refractivity contribution in [3.05, 3.63) is 84.6 Å². The van der Waals surface area contributed by atoms with Crippen LogP contribution in [0.5, 0.6) is 0 Å². The number of unbranched alkanes of at least 4 members (excludes halogenated alkanes) is 2. The Balaban J connectivity index is 2.06. The summed E-state index contributed by atoms with van der Waals surface area (Å²) >= 11 is 0. The highest BCUT2D eigenvalue weighted by atomic mass is 16.5. The van der Waals surface area contributed by atoms with Crippen LogP contribution < -0.4 is 16.4 Å². The Labute approximate surface area is 281 Å². The molecule has 0 aliphatic heterocycles. The molecule has 0 aromatic carbocycles. The molecule has 0 saturated carbocycles. The Morgan fingerprint density at radius 3 is 1.80 bits per heavy atom. The van der Waals surface area contributed by atoms with Gasteiger partial charge in [-0.1, -0.05) is 101 Å². The molecule has 3 atom stereocenters. The molecule has 0 spiro atoms. The van der Waals surface area contributed by atoms with Gasteiger partial charge in [0.25, 0.3) is 0 Å². The van der Waals surface area contributed by atoms with E-state index >= 15 is 0 Å². The first-order valence-corrected chi connectivity index (χ1v) is 18.0. The van der Waals surface area contributed by atoms with Crippen molar-refractivity contribution in [2.75, 3.05) is 13.1 Å². The first-order chi connectivity index (χ1) is 22.4. The minimum absolute atomic E-state index is 0.0387. The van der Waals surface area contributed by atoms with E-state index in [0.717, 1.165) is 82.6 Å². The van der Waals surface area contributed by atoms with Gasteiger partial charge in [-0.3, -0.25) is 9.59 Å². The second-order valence-electron chi connectivity index (χ2n) is 12.1. The highest BCUT2D eigenvalue weighted by Gasteiger charge is 2.31. The van der Waals surface area contributed by atoms with Gasteiger partial charge in [-0.05, 0) is 89.5 Å². The number of hydrogen-bond donors (Lipinski definition) is 3. The van der Waals surface area contributed by atoms with Gasteiger partial charge in [-0.25, -0.2) is 0 Å². The number of amides is 2. The van der Waals surface area contributed by atoms with Crippen molar-refractivity contribution in [2.45, 2.75) is 136 Å². The summed E-state index contributed by atoms with van der Waals surface area (Å²) in [6, 6.07) is -0.0758. The molecule has 1 rings (SSSR count). The maximum atomic E-state index is 12.7. The van der Waals surface area contributed by atoms with E-state index in [1.807, 2.05) is 6.08 Å². The molecule has 1 aliphatic rings. The minimum Gasteiger partial charge on any atom is -0.371 e. The predicted molar refractivity (Wildman–Crippen MR) is 196 cm³/mol. The van der Waals surface area contributed by atoms with Gasteiger partial charge in [0.15, 0.2) is 0 Å². The summed E-state index contributed by atoms with van der Waals surface area (Å²) in [4.78, 5) is 24.8. The highest BCUT2D eigenvalue weighted by molar-refractivity contribution is 5.93. The van der Waals surface area contributed by atoms with E-state index in [9.17, 15) is 9.59 Å². The van der Waals surface area contributed by atoms with Crippen LogP contribution >= 0.6 is 0 Å². The molecule has 258 valence electrons. The van der Waals surface area contributed by atoms with Gasteiger partial charge in [0.05, 0.1) is 12.2 Å². The van der Waals surface area contributed by atoms with Gasteiger partial charge in [0.1, 0.15) is 0 Å². The topological polar surface area (TPSA) is 93.5 Å². The van der Waals surface area contributed by atoms with Gasteiger partial charge in [-0.2, -0.15) is 0 Å². The van der Waals surface area contributed by atoms with E-state index in [1.54, 1.807) is 0 Å². The molecule has 0 saturated heterocycles. The first-order valence-electron chi connectivity index (χ1n) is 18.0. The summed E-state index contributed by atoms with van der Waals surface area (Å²) in [7, 11) is 0. The summed E-state index contributed by atoms with van der Waals surface area (Å²) in [5.74, 6) is 0.244. The highest BCUT2D eigenvalue weighted by Crippen LogP contribution is 2.27. The lowest BCUT2D eigenvalue weighted by atomic mass is 9.84. The van der Waals surface area contributed by atoms with Gasteiger partial charge < -0.3 is 21.1 Å². The van der Waals surface area contributed by atoms with Crippen molar-refractivity contribution >= 4 is 11.8 Å². The maximum Gasteiger partial charge on any atom is 0.247 e. The van der Waals surface area contributed by atoms with Crippen molar-refractivity contribution in [1.29, 1.82) is 0 Å². The fourth-order valence-electron chi connectivity index (χ4n) is 5.05. The van der Waals surface area contributed by atoms with Crippen LogP contribution in [-0.4, -0.2) is 43.2 Å². The molecule has 0 fully saturated rings. The summed E-state index contributed by atoms with van der Waals surface area (Å²) in [6.07, 6.45) is 40.7. The summed E-state index contributed by atoms with van der Waals surface area (Å²) in [5.41, 5.74) is 7.08. The Morgan fingerprint density at radius 1 is 0.783 bits per heavy atom. The number of ether oxygens (including phenoxy) is 1. The fourth-order valence-corrected chi connectivity index (χ4v) is 5.05. The van der Waals surface area contributed by atoms with Crippen LogP contribution in [0, 0.1) is 5.92 Å². The average molecular weight is 636 g/mol. The van der Waals surface area contributed by atoms with Crippen molar-refractivity contribution < 1.29 is 14.3 Å². The van der Waals surface area contributed by atoms with E-state index in [2.05, 4.69) is 111 Å². The van der Waals surface area contributed by atoms with Crippen molar-refractivity contribution in [3.63, 3.8) is 0 Å². The Bertz CT molecular complexity index is 1020.